The van der Waals surface area contributed by atoms with Crippen molar-refractivity contribution in [3.05, 3.63) is 88.4 Å². The lowest BCUT2D eigenvalue weighted by atomic mass is 10.0. The second-order valence-corrected chi connectivity index (χ2v) is 8.74. The van der Waals surface area contributed by atoms with Crippen LogP contribution in [-0.4, -0.2) is 5.97 Å². The summed E-state index contributed by atoms with van der Waals surface area (Å²) in [6.45, 7) is 4.41. The van der Waals surface area contributed by atoms with Crippen LogP contribution in [-0.2, 0) is 12.8 Å². The molecule has 0 fully saturated rings. The molecule has 3 aromatic carbocycles. The first kappa shape index (κ1) is 24.1. The maximum Gasteiger partial charge on any atom is 0.343 e. The maximum absolute atomic E-state index is 12.5. The van der Waals surface area contributed by atoms with Gasteiger partial charge in [0.2, 0.25) is 0 Å². The summed E-state index contributed by atoms with van der Waals surface area (Å²) in [7, 11) is 0. The first-order chi connectivity index (χ1) is 15.6. The van der Waals surface area contributed by atoms with E-state index in [-0.39, 0.29) is 5.97 Å². The van der Waals surface area contributed by atoms with Crippen molar-refractivity contribution in [1.82, 2.24) is 0 Å². The molecule has 0 heterocycles. The second kappa shape index (κ2) is 12.5. The standard InChI is InChI=1S/C29H33ClO2/c1-3-5-7-9-22-11-19-27(20-12-22)32-29(31)25-16-13-23(14-17-25)26-18-15-24(28(30)21-26)10-8-6-4-2/h11-21H,3-10H2,1-2H3. The Kier molecular flexibility index (Phi) is 9.37. The van der Waals surface area contributed by atoms with Gasteiger partial charge in [-0.25, -0.2) is 4.79 Å². The molecule has 0 saturated carbocycles. The number of carbonyl (C=O) groups is 1. The van der Waals surface area contributed by atoms with Crippen molar-refractivity contribution >= 4 is 17.6 Å². The van der Waals surface area contributed by atoms with Crippen molar-refractivity contribution in [2.45, 2.75) is 65.2 Å². The molecule has 0 spiro atoms. The molecule has 0 aliphatic rings. The van der Waals surface area contributed by atoms with Crippen LogP contribution in [0.3, 0.4) is 0 Å². The Hall–Kier alpha value is -2.58. The first-order valence-corrected chi connectivity index (χ1v) is 12.2. The van der Waals surface area contributed by atoms with Crippen LogP contribution in [0.15, 0.2) is 66.7 Å². The zero-order valence-corrected chi connectivity index (χ0v) is 20.0. The van der Waals surface area contributed by atoms with Crippen molar-refractivity contribution < 1.29 is 9.53 Å². The van der Waals surface area contributed by atoms with Crippen LogP contribution in [0.1, 0.15) is 73.9 Å². The number of aryl methyl sites for hydroxylation is 2. The summed E-state index contributed by atoms with van der Waals surface area (Å²) in [5.41, 5.74) is 5.08. The number of rotatable bonds is 11. The highest BCUT2D eigenvalue weighted by atomic mass is 35.5. The van der Waals surface area contributed by atoms with E-state index in [1.807, 2.05) is 42.5 Å². The zero-order chi connectivity index (χ0) is 22.8. The van der Waals surface area contributed by atoms with Crippen molar-refractivity contribution in [3.63, 3.8) is 0 Å². The average molecular weight is 449 g/mol. The Morgan fingerprint density at radius 2 is 1.38 bits per heavy atom. The van der Waals surface area contributed by atoms with Gasteiger partial charge in [0.05, 0.1) is 5.56 Å². The van der Waals surface area contributed by atoms with Gasteiger partial charge in [-0.05, 0) is 78.3 Å². The fourth-order valence-corrected chi connectivity index (χ4v) is 4.04. The topological polar surface area (TPSA) is 26.3 Å². The number of carbonyl (C=O) groups excluding carboxylic acids is 1. The molecule has 0 amide bonds. The molecule has 0 bridgehead atoms. The lowest BCUT2D eigenvalue weighted by molar-refractivity contribution is 0.0734. The quantitative estimate of drug-likeness (QED) is 0.166. The summed E-state index contributed by atoms with van der Waals surface area (Å²) in [5, 5.41) is 0.806. The predicted octanol–water partition coefficient (Wildman–Crippen LogP) is 8.69. The third-order valence-electron chi connectivity index (χ3n) is 5.76. The van der Waals surface area contributed by atoms with Gasteiger partial charge in [-0.3, -0.25) is 0 Å². The SMILES string of the molecule is CCCCCc1ccc(OC(=O)c2ccc(-c3ccc(CCCCC)c(Cl)c3)cc2)cc1. The Bertz CT molecular complexity index is 991. The van der Waals surface area contributed by atoms with Crippen LogP contribution in [0.2, 0.25) is 5.02 Å². The van der Waals surface area contributed by atoms with Gasteiger partial charge in [0, 0.05) is 5.02 Å². The molecule has 3 rings (SSSR count). The van der Waals surface area contributed by atoms with Gasteiger partial charge < -0.3 is 4.74 Å². The molecule has 32 heavy (non-hydrogen) atoms. The summed E-state index contributed by atoms with van der Waals surface area (Å²) >= 11 is 6.50. The number of hydrogen-bond acceptors (Lipinski definition) is 2. The Balaban J connectivity index is 1.60. The summed E-state index contributed by atoms with van der Waals surface area (Å²) in [6.07, 6.45) is 9.30. The lowest BCUT2D eigenvalue weighted by Gasteiger charge is -2.09. The summed E-state index contributed by atoms with van der Waals surface area (Å²) in [6, 6.07) is 21.5. The molecule has 3 aromatic rings. The zero-order valence-electron chi connectivity index (χ0n) is 19.2. The van der Waals surface area contributed by atoms with Gasteiger partial charge in [0.15, 0.2) is 0 Å². The van der Waals surface area contributed by atoms with Crippen LogP contribution in [0.4, 0.5) is 0 Å². The molecule has 168 valence electrons. The van der Waals surface area contributed by atoms with Crippen molar-refractivity contribution in [2.24, 2.45) is 0 Å². The van der Waals surface area contributed by atoms with Crippen LogP contribution in [0.25, 0.3) is 11.1 Å². The number of benzene rings is 3. The molecule has 2 nitrogen and oxygen atoms in total. The van der Waals surface area contributed by atoms with E-state index < -0.39 is 0 Å². The molecule has 0 unspecified atom stereocenters. The van der Waals surface area contributed by atoms with E-state index in [0.717, 1.165) is 35.4 Å². The molecule has 0 aliphatic heterocycles. The Morgan fingerprint density at radius 1 is 0.750 bits per heavy atom. The summed E-state index contributed by atoms with van der Waals surface area (Å²) in [4.78, 5) is 12.5. The lowest BCUT2D eigenvalue weighted by Crippen LogP contribution is -2.08. The molecule has 0 aliphatic carbocycles. The van der Waals surface area contributed by atoms with Crippen LogP contribution in [0.5, 0.6) is 5.75 Å². The summed E-state index contributed by atoms with van der Waals surface area (Å²) < 4.78 is 5.55. The van der Waals surface area contributed by atoms with E-state index in [9.17, 15) is 4.79 Å². The fraction of sp³-hybridized carbons (Fsp3) is 0.345. The minimum atomic E-state index is -0.348. The molecular weight excluding hydrogens is 416 g/mol. The van der Waals surface area contributed by atoms with Crippen molar-refractivity contribution in [3.8, 4) is 16.9 Å². The highest BCUT2D eigenvalue weighted by Gasteiger charge is 2.10. The number of unbranched alkanes of at least 4 members (excludes halogenated alkanes) is 4. The predicted molar refractivity (Wildman–Crippen MR) is 135 cm³/mol. The van der Waals surface area contributed by atoms with E-state index >= 15 is 0 Å². The first-order valence-electron chi connectivity index (χ1n) is 11.8. The molecule has 0 atom stereocenters. The molecular formula is C29H33ClO2. The Labute approximate surface area is 197 Å². The molecule has 0 radical (unpaired) electrons. The third kappa shape index (κ3) is 6.97. The van der Waals surface area contributed by atoms with E-state index in [2.05, 4.69) is 26.0 Å². The minimum absolute atomic E-state index is 0.348. The van der Waals surface area contributed by atoms with Gasteiger partial charge in [0.1, 0.15) is 5.75 Å². The molecule has 3 heteroatoms. The normalized spacial score (nSPS) is 10.8. The highest BCUT2D eigenvalue weighted by molar-refractivity contribution is 6.31. The number of esters is 1. The van der Waals surface area contributed by atoms with Crippen molar-refractivity contribution in [2.75, 3.05) is 0 Å². The Morgan fingerprint density at radius 3 is 2.00 bits per heavy atom. The fourth-order valence-electron chi connectivity index (χ4n) is 3.76. The van der Waals surface area contributed by atoms with E-state index in [0.29, 0.717) is 11.3 Å². The van der Waals surface area contributed by atoms with Gasteiger partial charge in [-0.1, -0.05) is 87.5 Å². The maximum atomic E-state index is 12.5. The number of ether oxygens (including phenoxy) is 1. The van der Waals surface area contributed by atoms with Gasteiger partial charge in [0.25, 0.3) is 0 Å². The monoisotopic (exact) mass is 448 g/mol. The molecule has 0 aromatic heterocycles. The van der Waals surface area contributed by atoms with Gasteiger partial charge in [-0.2, -0.15) is 0 Å². The number of hydrogen-bond donors (Lipinski definition) is 0. The number of halogens is 1. The third-order valence-corrected chi connectivity index (χ3v) is 6.11. The van der Waals surface area contributed by atoms with Gasteiger partial charge in [-0.15, -0.1) is 0 Å². The average Bonchev–Trinajstić information content (AvgIpc) is 2.81. The van der Waals surface area contributed by atoms with E-state index in [1.165, 1.54) is 43.2 Å². The molecule has 0 N–H and O–H groups in total. The van der Waals surface area contributed by atoms with E-state index in [4.69, 9.17) is 16.3 Å². The molecule has 0 saturated heterocycles. The van der Waals surface area contributed by atoms with Crippen molar-refractivity contribution in [1.29, 1.82) is 0 Å². The van der Waals surface area contributed by atoms with Crippen LogP contribution >= 0.6 is 11.6 Å². The van der Waals surface area contributed by atoms with Crippen LogP contribution < -0.4 is 4.74 Å². The van der Waals surface area contributed by atoms with E-state index in [1.54, 1.807) is 12.1 Å². The highest BCUT2D eigenvalue weighted by Crippen LogP contribution is 2.27. The smallest absolute Gasteiger partial charge is 0.343 e. The summed E-state index contributed by atoms with van der Waals surface area (Å²) in [5.74, 6) is 0.225. The minimum Gasteiger partial charge on any atom is -0.423 e. The van der Waals surface area contributed by atoms with Gasteiger partial charge >= 0.3 is 5.97 Å². The second-order valence-electron chi connectivity index (χ2n) is 8.33. The largest absolute Gasteiger partial charge is 0.423 e. The van der Waals surface area contributed by atoms with Crippen LogP contribution in [0, 0.1) is 0 Å².